The van der Waals surface area contributed by atoms with Crippen molar-refractivity contribution in [3.8, 4) is 0 Å². The predicted molar refractivity (Wildman–Crippen MR) is 122 cm³/mol. The van der Waals surface area contributed by atoms with Crippen LogP contribution < -0.4 is 10.9 Å². The van der Waals surface area contributed by atoms with Crippen molar-refractivity contribution < 1.29 is 18.0 Å². The Morgan fingerprint density at radius 3 is 2.55 bits per heavy atom. The molecule has 1 atom stereocenters. The molecule has 33 heavy (non-hydrogen) atoms. The van der Waals surface area contributed by atoms with Gasteiger partial charge >= 0.3 is 6.18 Å². The molecule has 9 heteroatoms. The van der Waals surface area contributed by atoms with E-state index in [-0.39, 0.29) is 24.3 Å². The molecule has 0 aliphatic rings. The molecule has 0 radical (unpaired) electrons. The molecule has 1 aromatic heterocycles. The van der Waals surface area contributed by atoms with Crippen LogP contribution in [0.2, 0.25) is 0 Å². The fourth-order valence-corrected chi connectivity index (χ4v) is 4.16. The first-order valence-corrected chi connectivity index (χ1v) is 11.3. The van der Waals surface area contributed by atoms with Gasteiger partial charge in [-0.2, -0.15) is 13.2 Å². The fraction of sp³-hybridized carbons (Fsp3) is 0.292. The third kappa shape index (κ3) is 6.95. The Balaban J connectivity index is 1.58. The first-order chi connectivity index (χ1) is 15.6. The summed E-state index contributed by atoms with van der Waals surface area (Å²) in [6.45, 7) is 3.34. The van der Waals surface area contributed by atoms with Gasteiger partial charge in [0.25, 0.3) is 5.56 Å². The van der Waals surface area contributed by atoms with E-state index in [0.717, 1.165) is 17.7 Å². The van der Waals surface area contributed by atoms with Gasteiger partial charge in [-0.1, -0.05) is 54.2 Å². The van der Waals surface area contributed by atoms with Crippen molar-refractivity contribution in [2.24, 2.45) is 0 Å². The molecule has 2 aromatic carbocycles. The lowest BCUT2D eigenvalue weighted by molar-refractivity contribution is -0.137. The average Bonchev–Trinajstić information content (AvgIpc) is 2.77. The third-order valence-corrected chi connectivity index (χ3v) is 6.06. The summed E-state index contributed by atoms with van der Waals surface area (Å²) < 4.78 is 38.7. The minimum absolute atomic E-state index is 0.0193. The summed E-state index contributed by atoms with van der Waals surface area (Å²) >= 11 is 1.42. The number of benzene rings is 2. The monoisotopic (exact) mass is 475 g/mol. The Morgan fingerprint density at radius 1 is 1.15 bits per heavy atom. The Morgan fingerprint density at radius 2 is 1.88 bits per heavy atom. The van der Waals surface area contributed by atoms with Crippen molar-refractivity contribution in [1.29, 1.82) is 0 Å². The largest absolute Gasteiger partial charge is 0.416 e. The molecule has 0 fully saturated rings. The van der Waals surface area contributed by atoms with Crippen LogP contribution in [0.5, 0.6) is 0 Å². The molecule has 174 valence electrons. The molecule has 3 aromatic rings. The molecule has 0 aliphatic heterocycles. The number of aromatic amines is 1. The number of carbonyl (C=O) groups is 1. The van der Waals surface area contributed by atoms with Gasteiger partial charge in [-0.25, -0.2) is 4.98 Å². The molecule has 3 rings (SSSR count). The summed E-state index contributed by atoms with van der Waals surface area (Å²) in [7, 11) is 0. The number of amides is 1. The highest BCUT2D eigenvalue weighted by Gasteiger charge is 2.30. The van der Waals surface area contributed by atoms with Gasteiger partial charge in [-0.3, -0.25) is 9.59 Å². The maximum atomic E-state index is 12.9. The van der Waals surface area contributed by atoms with Crippen molar-refractivity contribution in [2.75, 3.05) is 0 Å². The Hall–Kier alpha value is -3.07. The quantitative estimate of drug-likeness (QED) is 0.347. The van der Waals surface area contributed by atoms with Crippen LogP contribution in [0.15, 0.2) is 64.5 Å². The Bertz CT molecular complexity index is 1160. The highest BCUT2D eigenvalue weighted by Crippen LogP contribution is 2.30. The van der Waals surface area contributed by atoms with Gasteiger partial charge in [-0.15, -0.1) is 0 Å². The Kier molecular flexibility index (Phi) is 7.97. The van der Waals surface area contributed by atoms with E-state index in [1.54, 1.807) is 13.8 Å². The molecule has 1 amide bonds. The smallest absolute Gasteiger partial charge is 0.350 e. The number of H-pyrrole nitrogens is 1. The number of nitrogens with zero attached hydrogens (tertiary/aromatic N) is 1. The number of aryl methyl sites for hydroxylation is 1. The fourth-order valence-electron chi connectivity index (χ4n) is 3.29. The number of halogens is 3. The minimum atomic E-state index is -4.45. The van der Waals surface area contributed by atoms with Crippen molar-refractivity contribution in [2.45, 2.75) is 49.8 Å². The Labute approximate surface area is 193 Å². The summed E-state index contributed by atoms with van der Waals surface area (Å²) in [5, 5.41) is 3.20. The topological polar surface area (TPSA) is 74.8 Å². The highest BCUT2D eigenvalue weighted by atomic mass is 32.2. The zero-order chi connectivity index (χ0) is 24.0. The normalized spacial score (nSPS) is 12.4. The van der Waals surface area contributed by atoms with E-state index >= 15 is 0 Å². The molecule has 0 aliphatic carbocycles. The SMILES string of the molecule is Cc1nc(SCc2ccccc2)[nH]c(=O)c1CCC(=O)N[C@H](C)c1cccc(C(F)(F)F)c1. The molecule has 1 heterocycles. The number of alkyl halides is 3. The zero-order valence-electron chi connectivity index (χ0n) is 18.2. The van der Waals surface area contributed by atoms with Crippen LogP contribution in [0, 0.1) is 6.92 Å². The lowest BCUT2D eigenvalue weighted by atomic mass is 10.0. The van der Waals surface area contributed by atoms with Crippen molar-refractivity contribution >= 4 is 17.7 Å². The number of hydrogen-bond donors (Lipinski definition) is 2. The molecular weight excluding hydrogens is 451 g/mol. The lowest BCUT2D eigenvalue weighted by Gasteiger charge is -2.16. The summed E-state index contributed by atoms with van der Waals surface area (Å²) in [5.74, 6) is 0.305. The number of aromatic nitrogens is 2. The minimum Gasteiger partial charge on any atom is -0.350 e. The van der Waals surface area contributed by atoms with Crippen molar-refractivity contribution in [1.82, 2.24) is 15.3 Å². The van der Waals surface area contributed by atoms with Crippen LogP contribution in [-0.4, -0.2) is 15.9 Å². The maximum absolute atomic E-state index is 12.9. The number of carbonyl (C=O) groups excluding carboxylic acids is 1. The first-order valence-electron chi connectivity index (χ1n) is 10.4. The third-order valence-electron chi connectivity index (χ3n) is 5.11. The summed E-state index contributed by atoms with van der Waals surface area (Å²) in [6.07, 6.45) is -4.25. The predicted octanol–water partition coefficient (Wildman–Crippen LogP) is 5.20. The van der Waals surface area contributed by atoms with Gasteiger partial charge in [0, 0.05) is 23.4 Å². The van der Waals surface area contributed by atoms with E-state index in [2.05, 4.69) is 15.3 Å². The average molecular weight is 476 g/mol. The van der Waals surface area contributed by atoms with Crippen LogP contribution in [0.3, 0.4) is 0 Å². The van der Waals surface area contributed by atoms with Crippen LogP contribution in [0.1, 0.15) is 47.3 Å². The van der Waals surface area contributed by atoms with E-state index in [9.17, 15) is 22.8 Å². The van der Waals surface area contributed by atoms with E-state index in [0.29, 0.717) is 27.7 Å². The molecule has 0 unspecified atom stereocenters. The maximum Gasteiger partial charge on any atom is 0.416 e. The van der Waals surface area contributed by atoms with Gasteiger partial charge in [-0.05, 0) is 43.5 Å². The van der Waals surface area contributed by atoms with Gasteiger partial charge in [0.05, 0.1) is 11.6 Å². The molecular formula is C24H24F3N3O2S. The van der Waals surface area contributed by atoms with Crippen LogP contribution >= 0.6 is 11.8 Å². The highest BCUT2D eigenvalue weighted by molar-refractivity contribution is 7.98. The second-order valence-corrected chi connectivity index (χ2v) is 8.59. The lowest BCUT2D eigenvalue weighted by Crippen LogP contribution is -2.28. The van der Waals surface area contributed by atoms with Gasteiger partial charge < -0.3 is 10.3 Å². The van der Waals surface area contributed by atoms with Crippen LogP contribution in [0.25, 0.3) is 0 Å². The molecule has 0 bridgehead atoms. The van der Waals surface area contributed by atoms with Crippen LogP contribution in [-0.2, 0) is 23.1 Å². The van der Waals surface area contributed by atoms with Crippen LogP contribution in [0.4, 0.5) is 13.2 Å². The van der Waals surface area contributed by atoms with Crippen molar-refractivity contribution in [3.63, 3.8) is 0 Å². The second kappa shape index (κ2) is 10.7. The molecule has 0 spiro atoms. The number of thioether (sulfide) groups is 1. The van der Waals surface area contributed by atoms with E-state index in [1.807, 2.05) is 30.3 Å². The number of nitrogens with one attached hydrogen (secondary N) is 2. The molecule has 0 saturated heterocycles. The van der Waals surface area contributed by atoms with Gasteiger partial charge in [0.15, 0.2) is 5.16 Å². The van der Waals surface area contributed by atoms with Crippen molar-refractivity contribution in [3.05, 3.63) is 92.9 Å². The van der Waals surface area contributed by atoms with E-state index in [4.69, 9.17) is 0 Å². The standard InChI is InChI=1S/C24H24F3N3O2S/c1-15(18-9-6-10-19(13-18)24(25,26)27)28-21(31)12-11-20-16(2)29-23(30-22(20)32)33-14-17-7-4-3-5-8-17/h3-10,13,15H,11-12,14H2,1-2H3,(H,28,31)(H,29,30,32)/t15-/m1/s1. The van der Waals surface area contributed by atoms with Gasteiger partial charge in [0.1, 0.15) is 0 Å². The molecule has 2 N–H and O–H groups in total. The zero-order valence-corrected chi connectivity index (χ0v) is 19.0. The van der Waals surface area contributed by atoms with E-state index < -0.39 is 17.8 Å². The van der Waals surface area contributed by atoms with E-state index in [1.165, 1.54) is 23.9 Å². The first kappa shape index (κ1) is 24.6. The number of hydrogen-bond acceptors (Lipinski definition) is 4. The summed E-state index contributed by atoms with van der Waals surface area (Å²) in [5.41, 5.74) is 1.37. The second-order valence-electron chi connectivity index (χ2n) is 7.62. The summed E-state index contributed by atoms with van der Waals surface area (Å²) in [4.78, 5) is 32.1. The summed E-state index contributed by atoms with van der Waals surface area (Å²) in [6, 6.07) is 14.1. The number of rotatable bonds is 8. The molecule has 5 nitrogen and oxygen atoms in total. The van der Waals surface area contributed by atoms with Gasteiger partial charge in [0.2, 0.25) is 5.91 Å². The molecule has 0 saturated carbocycles.